The van der Waals surface area contributed by atoms with Crippen LogP contribution in [-0.2, 0) is 0 Å². The Balaban J connectivity index is 2.93. The van der Waals surface area contributed by atoms with Crippen molar-refractivity contribution < 1.29 is 0 Å². The van der Waals surface area contributed by atoms with Gasteiger partial charge in [-0.1, -0.05) is 6.92 Å². The summed E-state index contributed by atoms with van der Waals surface area (Å²) in [5.74, 6) is 2.15. The maximum Gasteiger partial charge on any atom is 0.102 e. The summed E-state index contributed by atoms with van der Waals surface area (Å²) in [7, 11) is 6.41. The van der Waals surface area contributed by atoms with Gasteiger partial charge >= 0.3 is 0 Å². The van der Waals surface area contributed by atoms with Crippen LogP contribution in [0, 0.1) is 5.92 Å². The van der Waals surface area contributed by atoms with Crippen molar-refractivity contribution in [2.45, 2.75) is 20.3 Å². The van der Waals surface area contributed by atoms with Crippen LogP contribution in [0.1, 0.15) is 20.3 Å². The van der Waals surface area contributed by atoms with Crippen LogP contribution >= 0.6 is 0 Å². The summed E-state index contributed by atoms with van der Waals surface area (Å²) in [5, 5.41) is 0. The van der Waals surface area contributed by atoms with Crippen molar-refractivity contribution in [2.75, 3.05) is 27.7 Å². The summed E-state index contributed by atoms with van der Waals surface area (Å²) < 4.78 is 0. The van der Waals surface area contributed by atoms with E-state index in [0.717, 1.165) is 5.92 Å². The monoisotopic (exact) mass is 168 g/mol. The Bertz CT molecular complexity index is 194. The average molecular weight is 168 g/mol. The molecule has 0 bridgehead atoms. The lowest BCUT2D eigenvalue weighted by molar-refractivity contribution is 0.251. The quantitative estimate of drug-likeness (QED) is 0.588. The third kappa shape index (κ3) is 1.57. The van der Waals surface area contributed by atoms with Gasteiger partial charge in [0.05, 0.1) is 0 Å². The molecule has 2 heteroatoms. The zero-order valence-electron chi connectivity index (χ0n) is 8.89. The van der Waals surface area contributed by atoms with Gasteiger partial charge < -0.3 is 9.80 Å². The summed E-state index contributed by atoms with van der Waals surface area (Å²) in [6.45, 7) is 5.74. The Kier molecular flexibility index (Phi) is 2.65. The van der Waals surface area contributed by atoms with Crippen molar-refractivity contribution in [1.82, 2.24) is 9.80 Å². The SMILES string of the molecule is CC1=C(N(C)C)N(C)CCC1C. The van der Waals surface area contributed by atoms with Gasteiger partial charge in [-0.05, 0) is 24.8 Å². The third-order valence-corrected chi connectivity index (χ3v) is 2.77. The van der Waals surface area contributed by atoms with E-state index in [9.17, 15) is 0 Å². The Morgan fingerprint density at radius 2 is 2.00 bits per heavy atom. The summed E-state index contributed by atoms with van der Waals surface area (Å²) in [6, 6.07) is 0. The predicted octanol–water partition coefficient (Wildman–Crippen LogP) is 1.75. The molecule has 0 spiro atoms. The molecule has 1 aliphatic heterocycles. The van der Waals surface area contributed by atoms with Gasteiger partial charge in [-0.25, -0.2) is 0 Å². The Morgan fingerprint density at radius 3 is 2.42 bits per heavy atom. The molecule has 1 heterocycles. The van der Waals surface area contributed by atoms with Crippen molar-refractivity contribution in [1.29, 1.82) is 0 Å². The molecule has 0 N–H and O–H groups in total. The van der Waals surface area contributed by atoms with Gasteiger partial charge in [-0.2, -0.15) is 0 Å². The number of hydrogen-bond donors (Lipinski definition) is 0. The van der Waals surface area contributed by atoms with Crippen LogP contribution in [-0.4, -0.2) is 37.5 Å². The normalized spacial score (nSPS) is 24.8. The first-order valence-corrected chi connectivity index (χ1v) is 4.63. The van der Waals surface area contributed by atoms with Crippen molar-refractivity contribution in [3.8, 4) is 0 Å². The van der Waals surface area contributed by atoms with E-state index >= 15 is 0 Å². The number of hydrogen-bond acceptors (Lipinski definition) is 2. The van der Waals surface area contributed by atoms with Gasteiger partial charge in [-0.3, -0.25) is 0 Å². The minimum Gasteiger partial charge on any atom is -0.364 e. The van der Waals surface area contributed by atoms with Gasteiger partial charge in [-0.15, -0.1) is 0 Å². The molecule has 1 aliphatic rings. The van der Waals surface area contributed by atoms with Crippen molar-refractivity contribution in [2.24, 2.45) is 5.92 Å². The lowest BCUT2D eigenvalue weighted by Crippen LogP contribution is -2.35. The highest BCUT2D eigenvalue weighted by molar-refractivity contribution is 5.14. The lowest BCUT2D eigenvalue weighted by Gasteiger charge is -2.36. The average Bonchev–Trinajstić information content (AvgIpc) is 1.97. The predicted molar refractivity (Wildman–Crippen MR) is 52.8 cm³/mol. The maximum atomic E-state index is 2.34. The second kappa shape index (κ2) is 3.38. The zero-order chi connectivity index (χ0) is 9.30. The van der Waals surface area contributed by atoms with E-state index < -0.39 is 0 Å². The van der Waals surface area contributed by atoms with Crippen LogP contribution in [0.3, 0.4) is 0 Å². The molecule has 0 radical (unpaired) electrons. The molecule has 70 valence electrons. The second-order valence-electron chi connectivity index (χ2n) is 4.01. The molecule has 1 atom stereocenters. The second-order valence-corrected chi connectivity index (χ2v) is 4.01. The molecule has 0 aromatic rings. The van der Waals surface area contributed by atoms with Gasteiger partial charge in [0.15, 0.2) is 0 Å². The fourth-order valence-electron chi connectivity index (χ4n) is 1.93. The first-order chi connectivity index (χ1) is 5.54. The summed E-state index contributed by atoms with van der Waals surface area (Å²) in [5.41, 5.74) is 1.52. The first kappa shape index (κ1) is 9.43. The van der Waals surface area contributed by atoms with Crippen LogP contribution in [0.15, 0.2) is 11.4 Å². The summed E-state index contributed by atoms with van der Waals surface area (Å²) in [6.07, 6.45) is 1.29. The molecule has 0 saturated carbocycles. The highest BCUT2D eigenvalue weighted by atomic mass is 15.3. The minimum absolute atomic E-state index is 0.749. The smallest absolute Gasteiger partial charge is 0.102 e. The van der Waals surface area contributed by atoms with Crippen LogP contribution in [0.2, 0.25) is 0 Å². The Morgan fingerprint density at radius 1 is 1.42 bits per heavy atom. The molecular formula is C10H20N2. The summed E-state index contributed by atoms with van der Waals surface area (Å²) in [4.78, 5) is 4.56. The molecule has 0 fully saturated rings. The Hall–Kier alpha value is -0.660. The summed E-state index contributed by atoms with van der Waals surface area (Å²) >= 11 is 0. The largest absolute Gasteiger partial charge is 0.364 e. The number of rotatable bonds is 1. The first-order valence-electron chi connectivity index (χ1n) is 4.63. The van der Waals surface area contributed by atoms with Crippen LogP contribution < -0.4 is 0 Å². The highest BCUT2D eigenvalue weighted by Crippen LogP contribution is 2.26. The van der Waals surface area contributed by atoms with Gasteiger partial charge in [0, 0.05) is 27.7 Å². The minimum atomic E-state index is 0.749. The van der Waals surface area contributed by atoms with Crippen LogP contribution in [0.5, 0.6) is 0 Å². The van der Waals surface area contributed by atoms with E-state index in [1.165, 1.54) is 24.4 Å². The van der Waals surface area contributed by atoms with E-state index in [4.69, 9.17) is 0 Å². The maximum absolute atomic E-state index is 2.34. The highest BCUT2D eigenvalue weighted by Gasteiger charge is 2.20. The molecule has 0 aromatic heterocycles. The van der Waals surface area contributed by atoms with E-state index in [0.29, 0.717) is 0 Å². The van der Waals surface area contributed by atoms with E-state index in [2.05, 4.69) is 44.8 Å². The van der Waals surface area contributed by atoms with E-state index in [-0.39, 0.29) is 0 Å². The van der Waals surface area contributed by atoms with Gasteiger partial charge in [0.2, 0.25) is 0 Å². The van der Waals surface area contributed by atoms with Gasteiger partial charge in [0.1, 0.15) is 5.82 Å². The topological polar surface area (TPSA) is 6.48 Å². The molecule has 1 rings (SSSR count). The molecule has 0 saturated heterocycles. The third-order valence-electron chi connectivity index (χ3n) is 2.77. The number of allylic oxidation sites excluding steroid dienone is 1. The molecule has 0 aromatic carbocycles. The van der Waals surface area contributed by atoms with Crippen LogP contribution in [0.4, 0.5) is 0 Å². The van der Waals surface area contributed by atoms with Crippen molar-refractivity contribution in [3.05, 3.63) is 11.4 Å². The molecular weight excluding hydrogens is 148 g/mol. The van der Waals surface area contributed by atoms with Crippen LogP contribution in [0.25, 0.3) is 0 Å². The van der Waals surface area contributed by atoms with Crippen molar-refractivity contribution in [3.63, 3.8) is 0 Å². The van der Waals surface area contributed by atoms with E-state index in [1.54, 1.807) is 0 Å². The number of nitrogens with zero attached hydrogens (tertiary/aromatic N) is 2. The fraction of sp³-hybridized carbons (Fsp3) is 0.800. The molecule has 0 aliphatic carbocycles. The molecule has 2 nitrogen and oxygen atoms in total. The molecule has 0 amide bonds. The van der Waals surface area contributed by atoms with Crippen molar-refractivity contribution >= 4 is 0 Å². The molecule has 12 heavy (non-hydrogen) atoms. The van der Waals surface area contributed by atoms with E-state index in [1.807, 2.05) is 0 Å². The molecule has 1 unspecified atom stereocenters. The zero-order valence-corrected chi connectivity index (χ0v) is 8.89. The standard InChI is InChI=1S/C10H20N2/c1-8-6-7-12(5)10(9(8)2)11(3)4/h8H,6-7H2,1-5H3. The van der Waals surface area contributed by atoms with Gasteiger partial charge in [0.25, 0.3) is 0 Å². The Labute approximate surface area is 75.8 Å². The lowest BCUT2D eigenvalue weighted by atomic mass is 9.95. The fourth-order valence-corrected chi connectivity index (χ4v) is 1.93.